The van der Waals surface area contributed by atoms with E-state index >= 15 is 0 Å². The van der Waals surface area contributed by atoms with E-state index in [1.807, 2.05) is 25.1 Å². The highest BCUT2D eigenvalue weighted by molar-refractivity contribution is 14.0. The van der Waals surface area contributed by atoms with Crippen LogP contribution in [0, 0.1) is 0 Å². The average Bonchev–Trinajstić information content (AvgIpc) is 3.31. The minimum absolute atomic E-state index is 0. The summed E-state index contributed by atoms with van der Waals surface area (Å²) >= 11 is 0. The predicted molar refractivity (Wildman–Crippen MR) is 139 cm³/mol. The van der Waals surface area contributed by atoms with Gasteiger partial charge in [0.15, 0.2) is 5.96 Å². The van der Waals surface area contributed by atoms with Gasteiger partial charge in [0.1, 0.15) is 0 Å². The molecule has 2 unspecified atom stereocenters. The highest BCUT2D eigenvalue weighted by atomic mass is 127. The standard InChI is InChI=1S/C23H32N4O3S.HI/c1-3-24-23(27-18(2)20-8-5-4-6-9-20)25-16-19-11-13-22(14-12-19)31(28,29)26-17-21-10-7-15-30-21;/h4-6,8-9,11-14,18,21,26H,3,7,10,15-17H2,1-2H3,(H2,24,25,27);1H. The number of benzene rings is 2. The number of ether oxygens (including phenoxy) is 1. The zero-order chi connectivity index (χ0) is 22.1. The number of nitrogens with one attached hydrogen (secondary N) is 3. The van der Waals surface area contributed by atoms with Crippen molar-refractivity contribution < 1.29 is 13.2 Å². The monoisotopic (exact) mass is 572 g/mol. The fourth-order valence-electron chi connectivity index (χ4n) is 3.39. The van der Waals surface area contributed by atoms with Gasteiger partial charge in [-0.15, -0.1) is 24.0 Å². The molecule has 0 radical (unpaired) electrons. The van der Waals surface area contributed by atoms with Gasteiger partial charge in [0.2, 0.25) is 10.0 Å². The molecule has 0 aliphatic carbocycles. The minimum Gasteiger partial charge on any atom is -0.377 e. The van der Waals surface area contributed by atoms with E-state index in [2.05, 4.69) is 39.4 Å². The lowest BCUT2D eigenvalue weighted by Crippen LogP contribution is -2.38. The number of hydrogen-bond acceptors (Lipinski definition) is 4. The van der Waals surface area contributed by atoms with Crippen molar-refractivity contribution in [2.24, 2.45) is 4.99 Å². The summed E-state index contributed by atoms with van der Waals surface area (Å²) in [5, 5.41) is 6.66. The maximum atomic E-state index is 12.5. The molecule has 1 aliphatic heterocycles. The van der Waals surface area contributed by atoms with Gasteiger partial charge in [0, 0.05) is 19.7 Å². The Bertz CT molecular complexity index is 947. The molecule has 3 N–H and O–H groups in total. The molecule has 9 heteroatoms. The van der Waals surface area contributed by atoms with Crippen LogP contribution < -0.4 is 15.4 Å². The van der Waals surface area contributed by atoms with Crippen molar-refractivity contribution in [1.82, 2.24) is 15.4 Å². The van der Waals surface area contributed by atoms with E-state index in [1.165, 1.54) is 5.56 Å². The van der Waals surface area contributed by atoms with Crippen molar-refractivity contribution in [3.63, 3.8) is 0 Å². The first-order valence-electron chi connectivity index (χ1n) is 10.8. The van der Waals surface area contributed by atoms with E-state index in [0.29, 0.717) is 25.7 Å². The third-order valence-electron chi connectivity index (χ3n) is 5.18. The quantitative estimate of drug-likeness (QED) is 0.243. The Morgan fingerprint density at radius 2 is 1.88 bits per heavy atom. The normalized spacial score (nSPS) is 17.4. The Hall–Kier alpha value is -1.69. The fourth-order valence-corrected chi connectivity index (χ4v) is 4.45. The number of aliphatic imine (C=N–C) groups is 1. The van der Waals surface area contributed by atoms with E-state index in [0.717, 1.165) is 24.9 Å². The largest absolute Gasteiger partial charge is 0.377 e. The van der Waals surface area contributed by atoms with Gasteiger partial charge in [0.25, 0.3) is 0 Å². The molecule has 2 aromatic rings. The van der Waals surface area contributed by atoms with Gasteiger partial charge in [0.05, 0.1) is 23.6 Å². The molecule has 2 atom stereocenters. The fraction of sp³-hybridized carbons (Fsp3) is 0.435. The van der Waals surface area contributed by atoms with Crippen molar-refractivity contribution in [1.29, 1.82) is 0 Å². The first-order chi connectivity index (χ1) is 15.0. The van der Waals surface area contributed by atoms with Crippen LogP contribution >= 0.6 is 24.0 Å². The zero-order valence-electron chi connectivity index (χ0n) is 18.6. The van der Waals surface area contributed by atoms with Gasteiger partial charge >= 0.3 is 0 Å². The molecular weight excluding hydrogens is 539 g/mol. The minimum atomic E-state index is -3.54. The molecule has 1 fully saturated rings. The van der Waals surface area contributed by atoms with Crippen LogP contribution in [0.2, 0.25) is 0 Å². The topological polar surface area (TPSA) is 91.8 Å². The Morgan fingerprint density at radius 1 is 1.16 bits per heavy atom. The summed E-state index contributed by atoms with van der Waals surface area (Å²) in [5.41, 5.74) is 2.11. The summed E-state index contributed by atoms with van der Waals surface area (Å²) < 4.78 is 33.1. The molecule has 7 nitrogen and oxygen atoms in total. The van der Waals surface area contributed by atoms with Crippen LogP contribution in [-0.2, 0) is 21.3 Å². The van der Waals surface area contributed by atoms with E-state index in [-0.39, 0.29) is 41.0 Å². The molecule has 1 heterocycles. The van der Waals surface area contributed by atoms with Crippen molar-refractivity contribution in [3.8, 4) is 0 Å². The van der Waals surface area contributed by atoms with E-state index < -0.39 is 10.0 Å². The highest BCUT2D eigenvalue weighted by Gasteiger charge is 2.20. The summed E-state index contributed by atoms with van der Waals surface area (Å²) in [6.45, 7) is 6.32. The Balaban J connectivity index is 0.00000363. The van der Waals surface area contributed by atoms with Gasteiger partial charge in [-0.25, -0.2) is 18.1 Å². The molecule has 1 aliphatic rings. The van der Waals surface area contributed by atoms with Gasteiger partial charge in [-0.2, -0.15) is 0 Å². The second-order valence-electron chi connectivity index (χ2n) is 7.60. The maximum absolute atomic E-state index is 12.5. The number of nitrogens with zero attached hydrogens (tertiary/aromatic N) is 1. The zero-order valence-corrected chi connectivity index (χ0v) is 21.7. The molecule has 3 rings (SSSR count). The first-order valence-corrected chi connectivity index (χ1v) is 12.3. The summed E-state index contributed by atoms with van der Waals surface area (Å²) in [7, 11) is -3.54. The van der Waals surface area contributed by atoms with E-state index in [9.17, 15) is 8.42 Å². The molecule has 0 aromatic heterocycles. The lowest BCUT2D eigenvalue weighted by molar-refractivity contribution is 0.114. The van der Waals surface area contributed by atoms with Gasteiger partial charge < -0.3 is 15.4 Å². The molecule has 1 saturated heterocycles. The SMILES string of the molecule is CCNC(=NCc1ccc(S(=O)(=O)NCC2CCCO2)cc1)NC(C)c1ccccc1.I. The lowest BCUT2D eigenvalue weighted by atomic mass is 10.1. The van der Waals surface area contributed by atoms with Crippen LogP contribution in [0.25, 0.3) is 0 Å². The van der Waals surface area contributed by atoms with Crippen LogP contribution in [0.3, 0.4) is 0 Å². The predicted octanol–water partition coefficient (Wildman–Crippen LogP) is 3.58. The third-order valence-corrected chi connectivity index (χ3v) is 6.61. The molecule has 0 bridgehead atoms. The number of rotatable bonds is 9. The Morgan fingerprint density at radius 3 is 2.50 bits per heavy atom. The highest BCUT2D eigenvalue weighted by Crippen LogP contribution is 2.15. The second-order valence-corrected chi connectivity index (χ2v) is 9.37. The summed E-state index contributed by atoms with van der Waals surface area (Å²) in [4.78, 5) is 4.89. The number of halogens is 1. The second kappa shape index (κ2) is 13.1. The van der Waals surface area contributed by atoms with Crippen LogP contribution in [0.15, 0.2) is 64.5 Å². The van der Waals surface area contributed by atoms with E-state index in [4.69, 9.17) is 4.74 Å². The van der Waals surface area contributed by atoms with E-state index in [1.54, 1.807) is 24.3 Å². The van der Waals surface area contributed by atoms with Crippen molar-refractivity contribution in [3.05, 3.63) is 65.7 Å². The van der Waals surface area contributed by atoms with Crippen molar-refractivity contribution in [2.75, 3.05) is 19.7 Å². The molecule has 32 heavy (non-hydrogen) atoms. The maximum Gasteiger partial charge on any atom is 0.240 e. The van der Waals surface area contributed by atoms with Gasteiger partial charge in [-0.1, -0.05) is 42.5 Å². The lowest BCUT2D eigenvalue weighted by Gasteiger charge is -2.18. The summed E-state index contributed by atoms with van der Waals surface area (Å²) in [6, 6.07) is 17.1. The first kappa shape index (κ1) is 26.6. The molecule has 176 valence electrons. The molecule has 0 saturated carbocycles. The van der Waals surface area contributed by atoms with Crippen LogP contribution in [0.1, 0.15) is 43.9 Å². The average molecular weight is 573 g/mol. The van der Waals surface area contributed by atoms with Gasteiger partial charge in [-0.05, 0) is 49.9 Å². The molecule has 2 aromatic carbocycles. The van der Waals surface area contributed by atoms with Crippen LogP contribution in [-0.4, -0.2) is 40.2 Å². The molecular formula is C23H33IN4O3S. The van der Waals surface area contributed by atoms with Crippen LogP contribution in [0.4, 0.5) is 0 Å². The summed E-state index contributed by atoms with van der Waals surface area (Å²) in [5.74, 6) is 0.716. The molecule has 0 amide bonds. The van der Waals surface area contributed by atoms with Gasteiger partial charge in [-0.3, -0.25) is 0 Å². The van der Waals surface area contributed by atoms with Crippen molar-refractivity contribution in [2.45, 2.75) is 50.3 Å². The van der Waals surface area contributed by atoms with Crippen LogP contribution in [0.5, 0.6) is 0 Å². The number of guanidine groups is 1. The molecule has 0 spiro atoms. The third kappa shape index (κ3) is 8.02. The summed E-state index contributed by atoms with van der Waals surface area (Å²) in [6.07, 6.45) is 1.85. The number of hydrogen-bond donors (Lipinski definition) is 3. The number of sulfonamides is 1. The Kier molecular flexibility index (Phi) is 10.9. The van der Waals surface area contributed by atoms with Crippen molar-refractivity contribution >= 4 is 40.0 Å². The Labute approximate surface area is 208 Å². The smallest absolute Gasteiger partial charge is 0.240 e.